The molecule has 0 unspecified atom stereocenters. The molecule has 1 heterocycles. The Morgan fingerprint density at radius 1 is 1.12 bits per heavy atom. The number of aromatic nitrogens is 1. The summed E-state index contributed by atoms with van der Waals surface area (Å²) in [6.07, 6.45) is 1.50. The first-order valence-corrected chi connectivity index (χ1v) is 4.75. The normalized spacial score (nSPS) is 9.75. The van der Waals surface area contributed by atoms with Crippen molar-refractivity contribution < 1.29 is 9.53 Å². The third kappa shape index (κ3) is 2.17. The van der Waals surface area contributed by atoms with Crippen LogP contribution in [0.2, 0.25) is 0 Å². The van der Waals surface area contributed by atoms with E-state index >= 15 is 0 Å². The van der Waals surface area contributed by atoms with Crippen LogP contribution in [-0.4, -0.2) is 10.9 Å². The van der Waals surface area contributed by atoms with Gasteiger partial charge in [-0.3, -0.25) is 4.79 Å². The number of hydrogen-bond donors (Lipinski definition) is 1. The average Bonchev–Trinajstić information content (AvgIpc) is 2.31. The van der Waals surface area contributed by atoms with Gasteiger partial charge in [-0.15, -0.1) is 0 Å². The zero-order valence-electron chi connectivity index (χ0n) is 8.46. The van der Waals surface area contributed by atoms with Crippen LogP contribution in [0.4, 0.5) is 0 Å². The van der Waals surface area contributed by atoms with Gasteiger partial charge in [0, 0.05) is 6.20 Å². The van der Waals surface area contributed by atoms with E-state index in [-0.39, 0.29) is 5.69 Å². The quantitative estimate of drug-likeness (QED) is 0.849. The first-order chi connectivity index (χ1) is 7.77. The monoisotopic (exact) mass is 214 g/mol. The van der Waals surface area contributed by atoms with Crippen molar-refractivity contribution >= 4 is 5.91 Å². The molecule has 80 valence electrons. The summed E-state index contributed by atoms with van der Waals surface area (Å²) in [5.74, 6) is 0.394. The third-order valence-electron chi connectivity index (χ3n) is 1.98. The van der Waals surface area contributed by atoms with Gasteiger partial charge in [0.25, 0.3) is 5.91 Å². The van der Waals surface area contributed by atoms with Crippen molar-refractivity contribution in [1.29, 1.82) is 0 Å². The molecule has 0 aliphatic heterocycles. The zero-order chi connectivity index (χ0) is 11.4. The average molecular weight is 214 g/mol. The maximum absolute atomic E-state index is 11.1. The van der Waals surface area contributed by atoms with Gasteiger partial charge in [0.05, 0.1) is 0 Å². The molecule has 0 fully saturated rings. The lowest BCUT2D eigenvalue weighted by Gasteiger charge is -2.07. The van der Waals surface area contributed by atoms with Gasteiger partial charge in [-0.2, -0.15) is 0 Å². The zero-order valence-corrected chi connectivity index (χ0v) is 8.46. The molecule has 0 aliphatic rings. The highest BCUT2D eigenvalue weighted by Gasteiger charge is 2.10. The molecule has 0 spiro atoms. The van der Waals surface area contributed by atoms with Gasteiger partial charge in [0.1, 0.15) is 5.75 Å². The van der Waals surface area contributed by atoms with Crippen LogP contribution in [0, 0.1) is 0 Å². The molecule has 4 heteroatoms. The molecule has 2 aromatic rings. The van der Waals surface area contributed by atoms with Gasteiger partial charge in [-0.1, -0.05) is 18.2 Å². The summed E-state index contributed by atoms with van der Waals surface area (Å²) in [6.45, 7) is 0. The van der Waals surface area contributed by atoms with E-state index in [1.807, 2.05) is 18.2 Å². The topological polar surface area (TPSA) is 65.2 Å². The van der Waals surface area contributed by atoms with Crippen LogP contribution in [0.25, 0.3) is 0 Å². The predicted octanol–water partition coefficient (Wildman–Crippen LogP) is 1.97. The summed E-state index contributed by atoms with van der Waals surface area (Å²) in [7, 11) is 0. The number of nitrogens with two attached hydrogens (primary N) is 1. The Kier molecular flexibility index (Phi) is 2.82. The molecular formula is C12H10N2O2. The number of benzene rings is 1. The van der Waals surface area contributed by atoms with E-state index in [9.17, 15) is 4.79 Å². The van der Waals surface area contributed by atoms with Crippen molar-refractivity contribution in [3.8, 4) is 11.5 Å². The fourth-order valence-corrected chi connectivity index (χ4v) is 1.27. The molecule has 1 aromatic heterocycles. The molecule has 0 radical (unpaired) electrons. The first kappa shape index (κ1) is 10.2. The van der Waals surface area contributed by atoms with Crippen molar-refractivity contribution in [2.75, 3.05) is 0 Å². The Hall–Kier alpha value is -2.36. The summed E-state index contributed by atoms with van der Waals surface area (Å²) in [5.41, 5.74) is 5.32. The van der Waals surface area contributed by atoms with Crippen molar-refractivity contribution in [1.82, 2.24) is 4.98 Å². The number of hydrogen-bond acceptors (Lipinski definition) is 3. The second-order valence-corrected chi connectivity index (χ2v) is 3.13. The van der Waals surface area contributed by atoms with Crippen LogP contribution >= 0.6 is 0 Å². The van der Waals surface area contributed by atoms with Crippen molar-refractivity contribution in [3.05, 3.63) is 54.4 Å². The van der Waals surface area contributed by atoms with E-state index in [4.69, 9.17) is 10.5 Å². The van der Waals surface area contributed by atoms with Crippen LogP contribution in [0.1, 0.15) is 10.5 Å². The standard InChI is InChI=1S/C12H10N2O2/c13-12(15)11-10(7-4-8-14-11)16-9-5-2-1-3-6-9/h1-8H,(H2,13,15). The highest BCUT2D eigenvalue weighted by molar-refractivity contribution is 5.93. The lowest BCUT2D eigenvalue weighted by molar-refractivity contribution is 0.0993. The number of para-hydroxylation sites is 1. The Morgan fingerprint density at radius 3 is 2.56 bits per heavy atom. The minimum atomic E-state index is -0.605. The predicted molar refractivity (Wildman–Crippen MR) is 59.3 cm³/mol. The number of carbonyl (C=O) groups is 1. The van der Waals surface area contributed by atoms with E-state index in [2.05, 4.69) is 4.98 Å². The van der Waals surface area contributed by atoms with E-state index in [1.165, 1.54) is 6.20 Å². The van der Waals surface area contributed by atoms with Crippen LogP contribution in [0.15, 0.2) is 48.7 Å². The summed E-state index contributed by atoms with van der Waals surface area (Å²) in [6, 6.07) is 12.5. The molecule has 2 rings (SSSR count). The Bertz CT molecular complexity index is 497. The van der Waals surface area contributed by atoms with Crippen LogP contribution in [0.5, 0.6) is 11.5 Å². The van der Waals surface area contributed by atoms with Gasteiger partial charge in [0.2, 0.25) is 0 Å². The number of pyridine rings is 1. The Labute approximate surface area is 92.7 Å². The van der Waals surface area contributed by atoms with Crippen molar-refractivity contribution in [2.24, 2.45) is 5.73 Å². The van der Waals surface area contributed by atoms with Crippen molar-refractivity contribution in [2.45, 2.75) is 0 Å². The van der Waals surface area contributed by atoms with E-state index in [1.54, 1.807) is 24.3 Å². The lowest BCUT2D eigenvalue weighted by atomic mass is 10.3. The fourth-order valence-electron chi connectivity index (χ4n) is 1.27. The molecular weight excluding hydrogens is 204 g/mol. The van der Waals surface area contributed by atoms with E-state index < -0.39 is 5.91 Å². The molecule has 0 saturated heterocycles. The highest BCUT2D eigenvalue weighted by atomic mass is 16.5. The largest absolute Gasteiger partial charge is 0.455 e. The molecule has 0 saturated carbocycles. The molecule has 4 nitrogen and oxygen atoms in total. The second-order valence-electron chi connectivity index (χ2n) is 3.13. The van der Waals surface area contributed by atoms with E-state index in [0.717, 1.165) is 0 Å². The Balaban J connectivity index is 2.31. The van der Waals surface area contributed by atoms with Gasteiger partial charge in [-0.25, -0.2) is 4.98 Å². The smallest absolute Gasteiger partial charge is 0.271 e. The number of ether oxygens (including phenoxy) is 1. The maximum atomic E-state index is 11.1. The van der Waals surface area contributed by atoms with Gasteiger partial charge < -0.3 is 10.5 Å². The molecule has 16 heavy (non-hydrogen) atoms. The lowest BCUT2D eigenvalue weighted by Crippen LogP contribution is -2.14. The highest BCUT2D eigenvalue weighted by Crippen LogP contribution is 2.22. The molecule has 1 amide bonds. The van der Waals surface area contributed by atoms with Gasteiger partial charge >= 0.3 is 0 Å². The van der Waals surface area contributed by atoms with Gasteiger partial charge in [0.15, 0.2) is 11.4 Å². The summed E-state index contributed by atoms with van der Waals surface area (Å²) in [5, 5.41) is 0. The van der Waals surface area contributed by atoms with Crippen LogP contribution < -0.4 is 10.5 Å². The second kappa shape index (κ2) is 4.44. The molecule has 0 bridgehead atoms. The Morgan fingerprint density at radius 2 is 1.88 bits per heavy atom. The van der Waals surface area contributed by atoms with Crippen LogP contribution in [0.3, 0.4) is 0 Å². The van der Waals surface area contributed by atoms with Crippen molar-refractivity contribution in [3.63, 3.8) is 0 Å². The van der Waals surface area contributed by atoms with Gasteiger partial charge in [-0.05, 0) is 24.3 Å². The maximum Gasteiger partial charge on any atom is 0.271 e. The van der Waals surface area contributed by atoms with Crippen LogP contribution in [-0.2, 0) is 0 Å². The molecule has 0 aliphatic carbocycles. The fraction of sp³-hybridized carbons (Fsp3) is 0. The minimum absolute atomic E-state index is 0.131. The minimum Gasteiger partial charge on any atom is -0.455 e. The number of primary amides is 1. The SMILES string of the molecule is NC(=O)c1ncccc1Oc1ccccc1. The number of nitrogens with zero attached hydrogens (tertiary/aromatic N) is 1. The summed E-state index contributed by atoms with van der Waals surface area (Å²) >= 11 is 0. The van der Waals surface area contributed by atoms with E-state index in [0.29, 0.717) is 11.5 Å². The number of carbonyl (C=O) groups excluding carboxylic acids is 1. The third-order valence-corrected chi connectivity index (χ3v) is 1.98. The summed E-state index contributed by atoms with van der Waals surface area (Å²) < 4.78 is 5.51. The summed E-state index contributed by atoms with van der Waals surface area (Å²) in [4.78, 5) is 15.0. The first-order valence-electron chi connectivity index (χ1n) is 4.75. The number of amides is 1. The molecule has 1 aromatic carbocycles. The molecule has 0 atom stereocenters. The number of rotatable bonds is 3. The molecule has 2 N–H and O–H groups in total.